The number of aliphatic carboxylic acids is 1. The van der Waals surface area contributed by atoms with E-state index in [0.29, 0.717) is 24.2 Å². The van der Waals surface area contributed by atoms with Gasteiger partial charge in [0, 0.05) is 29.2 Å². The Hall–Kier alpha value is -3.35. The van der Waals surface area contributed by atoms with Gasteiger partial charge >= 0.3 is 5.97 Å². The van der Waals surface area contributed by atoms with Crippen LogP contribution in [0, 0.1) is 5.92 Å². The van der Waals surface area contributed by atoms with Gasteiger partial charge in [0.05, 0.1) is 7.11 Å². The molecule has 1 aromatic rings. The molecule has 7 heteroatoms. The molecule has 1 atom stereocenters. The minimum atomic E-state index is -1.08. The molecule has 0 heterocycles. The number of rotatable bonds is 6. The topological polar surface area (TPSA) is 127 Å². The third-order valence-corrected chi connectivity index (χ3v) is 4.48. The zero-order valence-electron chi connectivity index (χ0n) is 15.7. The molecule has 5 N–H and O–H groups in total. The second kappa shape index (κ2) is 9.03. The van der Waals surface area contributed by atoms with Crippen molar-refractivity contribution < 1.29 is 35.1 Å². The van der Waals surface area contributed by atoms with Gasteiger partial charge in [0.15, 0.2) is 11.5 Å². The molecule has 1 aromatic carbocycles. The van der Waals surface area contributed by atoms with Crippen LogP contribution in [0.3, 0.4) is 0 Å². The quantitative estimate of drug-likeness (QED) is 0.164. The Kier molecular flexibility index (Phi) is 6.76. The zero-order valence-corrected chi connectivity index (χ0v) is 15.7. The molecule has 0 aromatic heterocycles. The van der Waals surface area contributed by atoms with E-state index in [1.54, 1.807) is 13.0 Å². The van der Waals surface area contributed by atoms with Crippen molar-refractivity contribution in [2.45, 2.75) is 26.2 Å². The molecule has 2 rings (SSSR count). The molecule has 0 radical (unpaired) electrons. The van der Waals surface area contributed by atoms with E-state index in [1.165, 1.54) is 19.3 Å². The number of phenols is 3. The number of aliphatic hydroxyl groups is 1. The van der Waals surface area contributed by atoms with Crippen LogP contribution in [0.5, 0.6) is 17.2 Å². The highest BCUT2D eigenvalue weighted by Gasteiger charge is 2.24. The second-order valence-corrected chi connectivity index (χ2v) is 6.55. The average molecular weight is 388 g/mol. The number of methoxy groups -OCH3 is 1. The van der Waals surface area contributed by atoms with Crippen molar-refractivity contribution in [2.24, 2.45) is 5.92 Å². The fourth-order valence-electron chi connectivity index (χ4n) is 3.15. The maximum absolute atomic E-state index is 10.7. The molecular weight excluding hydrogens is 364 g/mol. The van der Waals surface area contributed by atoms with Gasteiger partial charge in [-0.15, -0.1) is 0 Å². The molecule has 0 unspecified atom stereocenters. The fraction of sp³-hybridized carbons (Fsp3) is 0.286. The molecule has 1 aliphatic carbocycles. The van der Waals surface area contributed by atoms with Gasteiger partial charge in [-0.2, -0.15) is 0 Å². The second-order valence-electron chi connectivity index (χ2n) is 6.55. The van der Waals surface area contributed by atoms with Crippen molar-refractivity contribution in [3.05, 3.63) is 59.1 Å². The Morgan fingerprint density at radius 3 is 2.43 bits per heavy atom. The molecule has 150 valence electrons. The first kappa shape index (κ1) is 21.0. The van der Waals surface area contributed by atoms with Gasteiger partial charge in [0.25, 0.3) is 0 Å². The normalized spacial score (nSPS) is 18.6. The van der Waals surface area contributed by atoms with Crippen LogP contribution in [0.25, 0.3) is 5.57 Å². The van der Waals surface area contributed by atoms with E-state index in [4.69, 9.17) is 9.84 Å². The molecule has 0 fully saturated rings. The number of carboxylic acids is 1. The molecule has 0 saturated heterocycles. The largest absolute Gasteiger partial charge is 0.511 e. The van der Waals surface area contributed by atoms with Gasteiger partial charge < -0.3 is 30.3 Å². The molecule has 7 nitrogen and oxygen atoms in total. The summed E-state index contributed by atoms with van der Waals surface area (Å²) in [6.07, 6.45) is 7.77. The van der Waals surface area contributed by atoms with Gasteiger partial charge in [-0.1, -0.05) is 11.6 Å². The fourth-order valence-corrected chi connectivity index (χ4v) is 3.15. The summed E-state index contributed by atoms with van der Waals surface area (Å²) in [6, 6.07) is 2.27. The van der Waals surface area contributed by atoms with Crippen LogP contribution >= 0.6 is 0 Å². The summed E-state index contributed by atoms with van der Waals surface area (Å²) < 4.78 is 5.13. The van der Waals surface area contributed by atoms with E-state index in [1.807, 2.05) is 6.08 Å². The van der Waals surface area contributed by atoms with Gasteiger partial charge in [-0.3, -0.25) is 0 Å². The highest BCUT2D eigenvalue weighted by atomic mass is 16.5. The van der Waals surface area contributed by atoms with Gasteiger partial charge in [-0.05, 0) is 44.4 Å². The molecule has 0 spiro atoms. The van der Waals surface area contributed by atoms with Crippen molar-refractivity contribution in [1.82, 2.24) is 0 Å². The first-order valence-corrected chi connectivity index (χ1v) is 8.75. The minimum Gasteiger partial charge on any atom is -0.511 e. The molecule has 28 heavy (non-hydrogen) atoms. The average Bonchev–Trinajstić information content (AvgIpc) is 2.63. The Bertz CT molecular complexity index is 875. The standard InChI is InChI=1S/C21H24O7/c1-12(9-14(28-2)6-7-20(25)26)8-13-4-3-5-15(21(13)27)16-10-18(23)19(24)11-17(16)22/h6-11,13,22-24,27H,3-5H2,1-2H3,(H,25,26)/b7-6+,12-8+,14-9-/t13-/m0/s1. The third kappa shape index (κ3) is 5.09. The summed E-state index contributed by atoms with van der Waals surface area (Å²) in [4.78, 5) is 10.6. The van der Waals surface area contributed by atoms with E-state index < -0.39 is 11.7 Å². The molecule has 0 amide bonds. The summed E-state index contributed by atoms with van der Waals surface area (Å²) in [5.74, 6) is -1.98. The van der Waals surface area contributed by atoms with Crippen LogP contribution in [0.15, 0.2) is 53.5 Å². The Labute approximate surface area is 162 Å². The predicted molar refractivity (Wildman–Crippen MR) is 104 cm³/mol. The molecular formula is C21H24O7. The highest BCUT2D eigenvalue weighted by Crippen LogP contribution is 2.42. The molecule has 1 aliphatic rings. The third-order valence-electron chi connectivity index (χ3n) is 4.48. The number of aromatic hydroxyl groups is 3. The Balaban J connectivity index is 2.36. The number of phenolic OH excluding ortho intramolecular Hbond substituents is 3. The molecule has 0 saturated carbocycles. The first-order chi connectivity index (χ1) is 13.2. The van der Waals surface area contributed by atoms with Crippen molar-refractivity contribution in [2.75, 3.05) is 7.11 Å². The summed E-state index contributed by atoms with van der Waals surface area (Å²) in [5.41, 5.74) is 1.55. The lowest BCUT2D eigenvalue weighted by Crippen LogP contribution is -2.10. The van der Waals surface area contributed by atoms with Crippen LogP contribution in [0.4, 0.5) is 0 Å². The number of hydrogen-bond donors (Lipinski definition) is 5. The van der Waals surface area contributed by atoms with E-state index in [-0.39, 0.29) is 28.7 Å². The SMILES string of the molecule is COC(=C\C(C)=C\[C@@H]1CCCC(c2cc(O)c(O)cc2O)=C1O)/C=C/C(=O)O. The smallest absolute Gasteiger partial charge is 0.328 e. The lowest BCUT2D eigenvalue weighted by atomic mass is 9.84. The van der Waals surface area contributed by atoms with Crippen molar-refractivity contribution in [3.63, 3.8) is 0 Å². The van der Waals surface area contributed by atoms with Gasteiger partial charge in [-0.25, -0.2) is 4.79 Å². The maximum atomic E-state index is 10.7. The molecule has 0 aliphatic heterocycles. The number of benzene rings is 1. The predicted octanol–water partition coefficient (Wildman–Crippen LogP) is 3.99. The number of aliphatic hydroxyl groups excluding tert-OH is 1. The number of ether oxygens (including phenoxy) is 1. The summed E-state index contributed by atoms with van der Waals surface area (Å²) >= 11 is 0. The Morgan fingerprint density at radius 2 is 1.79 bits per heavy atom. The van der Waals surface area contributed by atoms with E-state index in [9.17, 15) is 25.2 Å². The summed E-state index contributed by atoms with van der Waals surface area (Å²) in [6.45, 7) is 1.80. The number of carbonyl (C=O) groups is 1. The number of hydrogen-bond acceptors (Lipinski definition) is 6. The van der Waals surface area contributed by atoms with Crippen LogP contribution in [-0.2, 0) is 9.53 Å². The van der Waals surface area contributed by atoms with Crippen molar-refractivity contribution in [3.8, 4) is 17.2 Å². The first-order valence-electron chi connectivity index (χ1n) is 8.75. The molecule has 0 bridgehead atoms. The van der Waals surface area contributed by atoms with Crippen molar-refractivity contribution in [1.29, 1.82) is 0 Å². The van der Waals surface area contributed by atoms with Crippen molar-refractivity contribution >= 4 is 11.5 Å². The summed E-state index contributed by atoms with van der Waals surface area (Å²) in [5, 5.41) is 48.7. The van der Waals surface area contributed by atoms with Crippen LogP contribution in [0.2, 0.25) is 0 Å². The minimum absolute atomic E-state index is 0.0828. The highest BCUT2D eigenvalue weighted by molar-refractivity contribution is 5.80. The number of carboxylic acid groups (broad SMARTS) is 1. The van der Waals surface area contributed by atoms with Crippen LogP contribution < -0.4 is 0 Å². The monoisotopic (exact) mass is 388 g/mol. The Morgan fingerprint density at radius 1 is 1.11 bits per heavy atom. The summed E-state index contributed by atoms with van der Waals surface area (Å²) in [7, 11) is 1.43. The van der Waals surface area contributed by atoms with E-state index >= 15 is 0 Å². The van der Waals surface area contributed by atoms with E-state index in [2.05, 4.69) is 0 Å². The maximum Gasteiger partial charge on any atom is 0.328 e. The van der Waals surface area contributed by atoms with Crippen LogP contribution in [-0.4, -0.2) is 38.6 Å². The van der Waals surface area contributed by atoms with Crippen LogP contribution in [0.1, 0.15) is 31.7 Å². The number of allylic oxidation sites excluding steroid dienone is 5. The lowest BCUT2D eigenvalue weighted by molar-refractivity contribution is -0.131. The van der Waals surface area contributed by atoms with E-state index in [0.717, 1.165) is 24.1 Å². The zero-order chi connectivity index (χ0) is 20.8. The van der Waals surface area contributed by atoms with Gasteiger partial charge in [0.1, 0.15) is 17.3 Å². The lowest BCUT2D eigenvalue weighted by Gasteiger charge is -2.24. The van der Waals surface area contributed by atoms with Gasteiger partial charge in [0.2, 0.25) is 0 Å².